The van der Waals surface area contributed by atoms with E-state index in [4.69, 9.17) is 0 Å². The third-order valence-electron chi connectivity index (χ3n) is 2.50. The first-order chi connectivity index (χ1) is 7.97. The molecule has 0 unspecified atom stereocenters. The lowest BCUT2D eigenvalue weighted by Crippen LogP contribution is -2.45. The fourth-order valence-electron chi connectivity index (χ4n) is 1.52. The highest BCUT2D eigenvalue weighted by atomic mass is 16.2. The van der Waals surface area contributed by atoms with Gasteiger partial charge in [-0.15, -0.1) is 0 Å². The molecule has 0 aliphatic carbocycles. The maximum Gasteiger partial charge on any atom is 0.317 e. The molecule has 0 fully saturated rings. The van der Waals surface area contributed by atoms with Gasteiger partial charge in [0.2, 0.25) is 0 Å². The molecule has 0 saturated carbocycles. The number of likely N-dealkylation sites (N-methyl/N-ethyl adjacent to an activating group) is 1. The van der Waals surface area contributed by atoms with Crippen molar-refractivity contribution in [1.82, 2.24) is 15.1 Å². The molecule has 0 spiro atoms. The van der Waals surface area contributed by atoms with E-state index >= 15 is 0 Å². The Morgan fingerprint density at radius 2 is 1.88 bits per heavy atom. The Hall–Kier alpha value is -0.770. The standard InChI is InChI=1S/C13H29N3O/c1-6-7-8-14-13(17)16(11-12(2)3)10-9-15(4)5/h12H,6-11H2,1-5H3,(H,14,17). The Bertz CT molecular complexity index is 205. The molecule has 0 rings (SSSR count). The van der Waals surface area contributed by atoms with Gasteiger partial charge in [0, 0.05) is 26.2 Å². The highest BCUT2D eigenvalue weighted by molar-refractivity contribution is 5.74. The van der Waals surface area contributed by atoms with Gasteiger partial charge in [-0.25, -0.2) is 4.79 Å². The van der Waals surface area contributed by atoms with Crippen LogP contribution < -0.4 is 5.32 Å². The van der Waals surface area contributed by atoms with Crippen LogP contribution in [0.1, 0.15) is 33.6 Å². The van der Waals surface area contributed by atoms with E-state index in [9.17, 15) is 4.79 Å². The number of amides is 2. The van der Waals surface area contributed by atoms with Gasteiger partial charge in [0.25, 0.3) is 0 Å². The van der Waals surface area contributed by atoms with Gasteiger partial charge in [0.1, 0.15) is 0 Å². The Morgan fingerprint density at radius 1 is 1.24 bits per heavy atom. The van der Waals surface area contributed by atoms with Crippen molar-refractivity contribution in [3.8, 4) is 0 Å². The molecule has 0 aromatic rings. The third kappa shape index (κ3) is 8.98. The predicted molar refractivity (Wildman–Crippen MR) is 73.3 cm³/mol. The van der Waals surface area contributed by atoms with E-state index in [2.05, 4.69) is 31.0 Å². The lowest BCUT2D eigenvalue weighted by Gasteiger charge is -2.26. The normalized spacial score (nSPS) is 11.0. The highest BCUT2D eigenvalue weighted by Crippen LogP contribution is 1.99. The van der Waals surface area contributed by atoms with Gasteiger partial charge >= 0.3 is 6.03 Å². The topological polar surface area (TPSA) is 35.6 Å². The van der Waals surface area contributed by atoms with Crippen molar-refractivity contribution in [2.45, 2.75) is 33.6 Å². The van der Waals surface area contributed by atoms with Gasteiger partial charge in [0.15, 0.2) is 0 Å². The highest BCUT2D eigenvalue weighted by Gasteiger charge is 2.13. The molecule has 1 N–H and O–H groups in total. The number of unbranched alkanes of at least 4 members (excludes halogenated alkanes) is 1. The quantitative estimate of drug-likeness (QED) is 0.662. The molecular weight excluding hydrogens is 214 g/mol. The fraction of sp³-hybridized carbons (Fsp3) is 0.923. The van der Waals surface area contributed by atoms with Gasteiger partial charge < -0.3 is 15.1 Å². The minimum Gasteiger partial charge on any atom is -0.338 e. The summed E-state index contributed by atoms with van der Waals surface area (Å²) in [5.74, 6) is 0.508. The number of carbonyl (C=O) groups excluding carboxylic acids is 1. The summed E-state index contributed by atoms with van der Waals surface area (Å²) in [5, 5.41) is 2.98. The average Bonchev–Trinajstić information content (AvgIpc) is 2.23. The molecule has 2 amide bonds. The van der Waals surface area contributed by atoms with Gasteiger partial charge in [-0.05, 0) is 26.4 Å². The zero-order valence-corrected chi connectivity index (χ0v) is 12.1. The summed E-state index contributed by atoms with van der Waals surface area (Å²) in [6.07, 6.45) is 2.16. The van der Waals surface area contributed by atoms with Gasteiger partial charge in [-0.3, -0.25) is 0 Å². The first-order valence-electron chi connectivity index (χ1n) is 6.64. The predicted octanol–water partition coefficient (Wildman–Crippen LogP) is 2.02. The van der Waals surface area contributed by atoms with E-state index in [0.29, 0.717) is 5.92 Å². The van der Waals surface area contributed by atoms with Crippen molar-refractivity contribution < 1.29 is 4.79 Å². The molecular formula is C13H29N3O. The van der Waals surface area contributed by atoms with E-state index < -0.39 is 0 Å². The van der Waals surface area contributed by atoms with E-state index in [1.807, 2.05) is 19.0 Å². The third-order valence-corrected chi connectivity index (χ3v) is 2.50. The summed E-state index contributed by atoms with van der Waals surface area (Å²) in [5.41, 5.74) is 0. The number of nitrogens with one attached hydrogen (secondary N) is 1. The molecule has 0 atom stereocenters. The van der Waals surface area contributed by atoms with Crippen molar-refractivity contribution in [2.24, 2.45) is 5.92 Å². The molecule has 0 radical (unpaired) electrons. The Labute approximate surface area is 106 Å². The lowest BCUT2D eigenvalue weighted by atomic mass is 10.2. The van der Waals surface area contributed by atoms with Crippen LogP contribution in [0.25, 0.3) is 0 Å². The summed E-state index contributed by atoms with van der Waals surface area (Å²) in [4.78, 5) is 16.0. The maximum absolute atomic E-state index is 12.0. The first kappa shape index (κ1) is 16.2. The summed E-state index contributed by atoms with van der Waals surface area (Å²) in [6.45, 7) is 9.72. The summed E-state index contributed by atoms with van der Waals surface area (Å²) in [7, 11) is 4.06. The van der Waals surface area contributed by atoms with Crippen LogP contribution in [0, 0.1) is 5.92 Å². The maximum atomic E-state index is 12.0. The molecule has 4 nitrogen and oxygen atoms in total. The second-order valence-electron chi connectivity index (χ2n) is 5.23. The van der Waals surface area contributed by atoms with Gasteiger partial charge in [-0.2, -0.15) is 0 Å². The van der Waals surface area contributed by atoms with Crippen LogP contribution in [-0.2, 0) is 0 Å². The van der Waals surface area contributed by atoms with Crippen LogP contribution in [0.15, 0.2) is 0 Å². The molecule has 4 heteroatoms. The molecule has 0 heterocycles. The molecule has 0 aromatic carbocycles. The molecule has 0 saturated heterocycles. The number of nitrogens with zero attached hydrogens (tertiary/aromatic N) is 2. The fourth-order valence-corrected chi connectivity index (χ4v) is 1.52. The van der Waals surface area contributed by atoms with Crippen LogP contribution in [0.4, 0.5) is 4.79 Å². The van der Waals surface area contributed by atoms with E-state index in [1.54, 1.807) is 0 Å². The minimum absolute atomic E-state index is 0.0778. The van der Waals surface area contributed by atoms with Crippen LogP contribution >= 0.6 is 0 Å². The second-order valence-corrected chi connectivity index (χ2v) is 5.23. The van der Waals surface area contributed by atoms with Crippen molar-refractivity contribution in [2.75, 3.05) is 40.3 Å². The van der Waals surface area contributed by atoms with Gasteiger partial charge in [-0.1, -0.05) is 27.2 Å². The lowest BCUT2D eigenvalue weighted by molar-refractivity contribution is 0.184. The van der Waals surface area contributed by atoms with E-state index in [-0.39, 0.29) is 6.03 Å². The number of urea groups is 1. The minimum atomic E-state index is 0.0778. The molecule has 0 aliphatic heterocycles. The molecule has 0 aromatic heterocycles. The summed E-state index contributed by atoms with van der Waals surface area (Å²) < 4.78 is 0. The summed E-state index contributed by atoms with van der Waals surface area (Å²) >= 11 is 0. The Morgan fingerprint density at radius 3 is 2.35 bits per heavy atom. The zero-order valence-electron chi connectivity index (χ0n) is 12.1. The monoisotopic (exact) mass is 243 g/mol. The van der Waals surface area contributed by atoms with Crippen molar-refractivity contribution in [1.29, 1.82) is 0 Å². The number of carbonyl (C=O) groups is 1. The van der Waals surface area contributed by atoms with Crippen LogP contribution in [0.5, 0.6) is 0 Å². The average molecular weight is 243 g/mol. The number of rotatable bonds is 8. The van der Waals surface area contributed by atoms with Crippen LogP contribution in [0.2, 0.25) is 0 Å². The van der Waals surface area contributed by atoms with E-state index in [1.165, 1.54) is 0 Å². The van der Waals surface area contributed by atoms with Crippen LogP contribution in [0.3, 0.4) is 0 Å². The number of hydrogen-bond donors (Lipinski definition) is 1. The number of hydrogen-bond acceptors (Lipinski definition) is 2. The van der Waals surface area contributed by atoms with Crippen molar-refractivity contribution in [3.05, 3.63) is 0 Å². The zero-order chi connectivity index (χ0) is 13.3. The smallest absolute Gasteiger partial charge is 0.317 e. The van der Waals surface area contributed by atoms with Crippen LogP contribution in [-0.4, -0.2) is 56.1 Å². The largest absolute Gasteiger partial charge is 0.338 e. The Balaban J connectivity index is 4.10. The second kappa shape index (κ2) is 9.28. The van der Waals surface area contributed by atoms with Crippen molar-refractivity contribution >= 4 is 6.03 Å². The van der Waals surface area contributed by atoms with E-state index in [0.717, 1.165) is 39.0 Å². The summed E-state index contributed by atoms with van der Waals surface area (Å²) in [6, 6.07) is 0.0778. The molecule has 0 bridgehead atoms. The molecule has 102 valence electrons. The SMILES string of the molecule is CCCCNC(=O)N(CCN(C)C)CC(C)C. The van der Waals surface area contributed by atoms with Gasteiger partial charge in [0.05, 0.1) is 0 Å². The Kier molecular flexibility index (Phi) is 8.86. The molecule has 17 heavy (non-hydrogen) atoms. The molecule has 0 aliphatic rings. The van der Waals surface area contributed by atoms with Crippen molar-refractivity contribution in [3.63, 3.8) is 0 Å². The first-order valence-corrected chi connectivity index (χ1v) is 6.64.